The van der Waals surface area contributed by atoms with E-state index >= 15 is 0 Å². The van der Waals surface area contributed by atoms with E-state index in [1.807, 2.05) is 39.2 Å². The molecule has 0 spiro atoms. The Morgan fingerprint density at radius 2 is 1.82 bits per heavy atom. The predicted octanol–water partition coefficient (Wildman–Crippen LogP) is 7.16. The van der Waals surface area contributed by atoms with Crippen LogP contribution >= 0.6 is 23.4 Å². The smallest absolute Gasteiger partial charge is 0.410 e. The van der Waals surface area contributed by atoms with Crippen molar-refractivity contribution in [3.63, 3.8) is 0 Å². The summed E-state index contributed by atoms with van der Waals surface area (Å²) < 4.78 is 12.0. The Hall–Kier alpha value is -3.83. The molecule has 2 N–H and O–H groups in total. The number of benzene rings is 1. The highest BCUT2D eigenvalue weighted by atomic mass is 35.5. The van der Waals surface area contributed by atoms with Gasteiger partial charge < -0.3 is 25.0 Å². The predicted molar refractivity (Wildman–Crippen MR) is 173 cm³/mol. The van der Waals surface area contributed by atoms with Crippen molar-refractivity contribution in [3.05, 3.63) is 71.1 Å². The van der Waals surface area contributed by atoms with Crippen molar-refractivity contribution < 1.29 is 23.9 Å². The lowest BCUT2D eigenvalue weighted by Crippen LogP contribution is -2.47. The van der Waals surface area contributed by atoms with Crippen LogP contribution in [0.25, 0.3) is 0 Å². The number of ether oxygens (including phenoxy) is 2. The third-order valence-electron chi connectivity index (χ3n) is 7.22. The van der Waals surface area contributed by atoms with Crippen molar-refractivity contribution in [2.24, 2.45) is 5.92 Å². The van der Waals surface area contributed by atoms with Crippen molar-refractivity contribution in [3.8, 4) is 5.75 Å². The maximum atomic E-state index is 13.6. The number of anilines is 2. The number of nitrogens with one attached hydrogen (secondary N) is 2. The molecule has 2 heterocycles. The molecule has 2 aromatic heterocycles. The van der Waals surface area contributed by atoms with Crippen molar-refractivity contribution in [1.82, 2.24) is 14.9 Å². The van der Waals surface area contributed by atoms with Crippen LogP contribution in [-0.4, -0.2) is 63.8 Å². The molecular formula is C32H38ClN5O5S. The van der Waals surface area contributed by atoms with Crippen molar-refractivity contribution in [2.45, 2.75) is 69.6 Å². The van der Waals surface area contributed by atoms with Crippen LogP contribution in [0.3, 0.4) is 0 Å². The highest BCUT2D eigenvalue weighted by molar-refractivity contribution is 7.98. The van der Waals surface area contributed by atoms with Gasteiger partial charge in [-0.25, -0.2) is 14.8 Å². The van der Waals surface area contributed by atoms with Gasteiger partial charge in [0.2, 0.25) is 0 Å². The minimum atomic E-state index is -0.567. The number of pyridine rings is 2. The number of nitrogens with zero attached hydrogens (tertiary/aromatic N) is 3. The fourth-order valence-corrected chi connectivity index (χ4v) is 5.62. The van der Waals surface area contributed by atoms with E-state index in [1.54, 1.807) is 54.0 Å². The van der Waals surface area contributed by atoms with E-state index < -0.39 is 17.4 Å². The summed E-state index contributed by atoms with van der Waals surface area (Å²) in [4.78, 5) is 50.2. The highest BCUT2D eigenvalue weighted by Crippen LogP contribution is 2.34. The number of carbonyl (C=O) groups is 3. The Bertz CT molecular complexity index is 1500. The SMILES string of the molecule is CSc1ccc(C(=O)Nc2cccnc2C(=O)Nc2ccc(Cl)cn2)c(O[C@@H]2CCC(N(C)C(=O)OC(C)(C)C)[C@@H](C)C2)c1. The maximum absolute atomic E-state index is 13.6. The molecule has 4 rings (SSSR count). The number of aromatic nitrogens is 2. The van der Waals surface area contributed by atoms with Gasteiger partial charge in [-0.3, -0.25) is 9.59 Å². The van der Waals surface area contributed by atoms with Gasteiger partial charge >= 0.3 is 6.09 Å². The molecule has 3 aromatic rings. The van der Waals surface area contributed by atoms with Crippen LogP contribution in [0.15, 0.2) is 59.8 Å². The van der Waals surface area contributed by atoms with Crippen LogP contribution in [0.4, 0.5) is 16.3 Å². The van der Waals surface area contributed by atoms with Crippen LogP contribution in [-0.2, 0) is 4.74 Å². The van der Waals surface area contributed by atoms with Crippen molar-refractivity contribution in [2.75, 3.05) is 23.9 Å². The fourth-order valence-electron chi connectivity index (χ4n) is 5.08. The average molecular weight is 640 g/mol. The van der Waals surface area contributed by atoms with Gasteiger partial charge in [0.1, 0.15) is 17.2 Å². The first-order valence-corrected chi connectivity index (χ1v) is 15.9. The molecule has 1 unspecified atom stereocenters. The first kappa shape index (κ1) is 33.1. The molecule has 0 bridgehead atoms. The Balaban J connectivity index is 1.48. The van der Waals surface area contributed by atoms with Gasteiger partial charge in [0.25, 0.3) is 11.8 Å². The Morgan fingerprint density at radius 1 is 1.05 bits per heavy atom. The second kappa shape index (κ2) is 14.3. The average Bonchev–Trinajstić information content (AvgIpc) is 2.97. The lowest BCUT2D eigenvalue weighted by molar-refractivity contribution is 0.00365. The molecular weight excluding hydrogens is 602 g/mol. The molecule has 0 aliphatic heterocycles. The molecule has 234 valence electrons. The largest absolute Gasteiger partial charge is 0.490 e. The molecule has 1 aliphatic carbocycles. The van der Waals surface area contributed by atoms with Crippen LogP contribution in [0.5, 0.6) is 5.75 Å². The minimum Gasteiger partial charge on any atom is -0.490 e. The quantitative estimate of drug-likeness (QED) is 0.249. The summed E-state index contributed by atoms with van der Waals surface area (Å²) >= 11 is 7.43. The van der Waals surface area contributed by atoms with Crippen LogP contribution in [0.2, 0.25) is 5.02 Å². The van der Waals surface area contributed by atoms with Crippen LogP contribution in [0.1, 0.15) is 67.8 Å². The van der Waals surface area contributed by atoms with E-state index in [0.717, 1.165) is 11.3 Å². The summed E-state index contributed by atoms with van der Waals surface area (Å²) in [5.41, 5.74) is 0.0332. The Labute approximate surface area is 267 Å². The molecule has 12 heteroatoms. The standard InChI is InChI=1S/C32H38ClN5O5S/c1-19-16-21(10-13-25(19)38(5)31(41)43-32(2,3)4)42-26-17-22(44-6)11-12-23(26)29(39)36-24-8-7-15-34-28(24)30(40)37-27-14-9-20(33)18-35-27/h7-9,11-12,14-15,17-19,21,25H,10,13,16H2,1-6H3,(H,36,39)(H,35,37,40)/t19-,21+,25?/m0/s1. The molecule has 10 nitrogen and oxygen atoms in total. The molecule has 1 aliphatic rings. The second-order valence-electron chi connectivity index (χ2n) is 11.7. The van der Waals surface area contributed by atoms with Crippen LogP contribution in [0, 0.1) is 5.92 Å². The second-order valence-corrected chi connectivity index (χ2v) is 13.0. The van der Waals surface area contributed by atoms with Gasteiger partial charge in [-0.1, -0.05) is 18.5 Å². The minimum absolute atomic E-state index is 0.0169. The lowest BCUT2D eigenvalue weighted by Gasteiger charge is -2.39. The summed E-state index contributed by atoms with van der Waals surface area (Å²) in [5, 5.41) is 5.94. The zero-order valence-corrected chi connectivity index (χ0v) is 27.3. The van der Waals surface area contributed by atoms with Gasteiger partial charge in [0.15, 0.2) is 5.69 Å². The first-order valence-electron chi connectivity index (χ1n) is 14.3. The van der Waals surface area contributed by atoms with Gasteiger partial charge in [0.05, 0.1) is 22.4 Å². The third-order valence-corrected chi connectivity index (χ3v) is 8.17. The van der Waals surface area contributed by atoms with Crippen LogP contribution < -0.4 is 15.4 Å². The topological polar surface area (TPSA) is 123 Å². The van der Waals surface area contributed by atoms with Crippen molar-refractivity contribution in [1.29, 1.82) is 0 Å². The molecule has 1 fully saturated rings. The maximum Gasteiger partial charge on any atom is 0.410 e. The fraction of sp³-hybridized carbons (Fsp3) is 0.406. The number of thioether (sulfide) groups is 1. The Kier molecular flexibility index (Phi) is 10.7. The monoisotopic (exact) mass is 639 g/mol. The third kappa shape index (κ3) is 8.63. The van der Waals surface area contributed by atoms with Crippen molar-refractivity contribution >= 4 is 52.8 Å². The first-order chi connectivity index (χ1) is 20.8. The summed E-state index contributed by atoms with van der Waals surface area (Å²) in [7, 11) is 1.78. The number of amides is 3. The number of halogens is 1. The Morgan fingerprint density at radius 3 is 2.48 bits per heavy atom. The number of carbonyl (C=O) groups excluding carboxylic acids is 3. The molecule has 1 aromatic carbocycles. The highest BCUT2D eigenvalue weighted by Gasteiger charge is 2.35. The summed E-state index contributed by atoms with van der Waals surface area (Å²) in [6.07, 6.45) is 6.50. The molecule has 44 heavy (non-hydrogen) atoms. The number of hydrogen-bond donors (Lipinski definition) is 2. The van der Waals surface area contributed by atoms with Gasteiger partial charge in [-0.15, -0.1) is 11.8 Å². The van der Waals surface area contributed by atoms with Gasteiger partial charge in [-0.05, 0) is 94.7 Å². The molecule has 3 atom stereocenters. The van der Waals surface area contributed by atoms with E-state index in [4.69, 9.17) is 21.1 Å². The number of hydrogen-bond acceptors (Lipinski definition) is 8. The normalized spacial score (nSPS) is 18.2. The van der Waals surface area contributed by atoms with E-state index in [0.29, 0.717) is 35.0 Å². The van der Waals surface area contributed by atoms with E-state index in [1.165, 1.54) is 12.4 Å². The van der Waals surface area contributed by atoms with Gasteiger partial charge in [0, 0.05) is 30.4 Å². The van der Waals surface area contributed by atoms with E-state index in [9.17, 15) is 14.4 Å². The molecule has 0 radical (unpaired) electrons. The van der Waals surface area contributed by atoms with Gasteiger partial charge in [-0.2, -0.15) is 0 Å². The zero-order chi connectivity index (χ0) is 32.0. The summed E-state index contributed by atoms with van der Waals surface area (Å²) in [6, 6.07) is 11.9. The molecule has 0 saturated heterocycles. The molecule has 3 amide bonds. The van der Waals surface area contributed by atoms with E-state index in [-0.39, 0.29) is 35.5 Å². The molecule has 1 saturated carbocycles. The lowest BCUT2D eigenvalue weighted by atomic mass is 9.83. The zero-order valence-electron chi connectivity index (χ0n) is 25.7. The number of rotatable bonds is 8. The van der Waals surface area contributed by atoms with E-state index in [2.05, 4.69) is 27.5 Å². The summed E-state index contributed by atoms with van der Waals surface area (Å²) in [5.74, 6) is -0.0747. The summed E-state index contributed by atoms with van der Waals surface area (Å²) in [6.45, 7) is 7.66.